The van der Waals surface area contributed by atoms with E-state index in [0.29, 0.717) is 39.5 Å². The third-order valence-electron chi connectivity index (χ3n) is 8.74. The number of ether oxygens (including phenoxy) is 2. The molecule has 1 aliphatic heterocycles. The van der Waals surface area contributed by atoms with E-state index in [4.69, 9.17) is 9.47 Å². The Morgan fingerprint density at radius 1 is 0.960 bits per heavy atom. The molecule has 0 unspecified atom stereocenters. The molecule has 12 heteroatoms. The minimum atomic E-state index is -0.488. The van der Waals surface area contributed by atoms with Crippen LogP contribution in [0.25, 0.3) is 27.7 Å². The number of aromatic nitrogens is 5. The van der Waals surface area contributed by atoms with Crippen molar-refractivity contribution in [1.82, 2.24) is 29.4 Å². The summed E-state index contributed by atoms with van der Waals surface area (Å²) in [4.78, 5) is 45.9. The Hall–Kier alpha value is -5.36. The van der Waals surface area contributed by atoms with Gasteiger partial charge in [0.15, 0.2) is 0 Å². The Labute approximate surface area is 290 Å². The van der Waals surface area contributed by atoms with Crippen LogP contribution >= 0.6 is 0 Å². The summed E-state index contributed by atoms with van der Waals surface area (Å²) in [5, 5.41) is 13.4. The number of nitrogens with one attached hydrogen (secondary N) is 1. The molecule has 0 saturated carbocycles. The summed E-state index contributed by atoms with van der Waals surface area (Å²) >= 11 is 0. The summed E-state index contributed by atoms with van der Waals surface area (Å²) in [6, 6.07) is 16.3. The van der Waals surface area contributed by atoms with E-state index in [2.05, 4.69) is 60.0 Å². The summed E-state index contributed by atoms with van der Waals surface area (Å²) in [5.74, 6) is 0.587. The molecule has 0 spiro atoms. The standard InChI is InChI=1S/C38H43N7O5/c1-24(46)49-22-30-29(10-8-11-33(30)45-35(47)28-14-12-26(37(2,3)4)18-25(28)20-40-45)31-19-32(36(48)43(7)42-31)41-34-15-13-27(21-39-34)50-38(5,6)23-44-16-9-17-44/h8,10-15,18-21H,9,16-17,22-23H2,1-7H3,(H,39,41). The Kier molecular flexibility index (Phi) is 9.32. The molecule has 50 heavy (non-hydrogen) atoms. The van der Waals surface area contributed by atoms with Gasteiger partial charge in [-0.15, -0.1) is 0 Å². The molecule has 1 fully saturated rings. The average Bonchev–Trinajstić information content (AvgIpc) is 3.04. The molecule has 0 aliphatic carbocycles. The molecule has 0 bridgehead atoms. The van der Waals surface area contributed by atoms with Gasteiger partial charge >= 0.3 is 5.97 Å². The van der Waals surface area contributed by atoms with Crippen molar-refractivity contribution in [3.63, 3.8) is 0 Å². The number of esters is 1. The summed E-state index contributed by atoms with van der Waals surface area (Å²) in [5.41, 5.74) is 2.06. The molecule has 6 rings (SSSR count). The normalized spacial score (nSPS) is 13.6. The summed E-state index contributed by atoms with van der Waals surface area (Å²) in [6.07, 6.45) is 4.51. The largest absolute Gasteiger partial charge is 0.485 e. The Morgan fingerprint density at radius 3 is 2.40 bits per heavy atom. The number of likely N-dealkylation sites (tertiary alicyclic amines) is 1. The van der Waals surface area contributed by atoms with Gasteiger partial charge in [-0.25, -0.2) is 9.67 Å². The van der Waals surface area contributed by atoms with Crippen LogP contribution in [0.15, 0.2) is 76.6 Å². The maximum atomic E-state index is 13.9. The lowest BCUT2D eigenvalue weighted by Gasteiger charge is -2.38. The topological polar surface area (TPSA) is 133 Å². The van der Waals surface area contributed by atoms with Gasteiger partial charge in [-0.3, -0.25) is 19.3 Å². The van der Waals surface area contributed by atoms with Gasteiger partial charge < -0.3 is 14.8 Å². The lowest BCUT2D eigenvalue weighted by molar-refractivity contribution is -0.142. The number of anilines is 2. The lowest BCUT2D eigenvalue weighted by Crippen LogP contribution is -2.48. The third-order valence-corrected chi connectivity index (χ3v) is 8.74. The average molecular weight is 678 g/mol. The fourth-order valence-electron chi connectivity index (χ4n) is 6.04. The van der Waals surface area contributed by atoms with E-state index in [0.717, 1.165) is 30.6 Å². The zero-order valence-electron chi connectivity index (χ0n) is 29.6. The first kappa shape index (κ1) is 34.5. The first-order chi connectivity index (χ1) is 23.7. The zero-order chi connectivity index (χ0) is 35.8. The highest BCUT2D eigenvalue weighted by Crippen LogP contribution is 2.30. The number of hydrogen-bond acceptors (Lipinski definition) is 10. The maximum absolute atomic E-state index is 13.9. The fraction of sp³-hybridized carbons (Fsp3) is 0.368. The predicted molar refractivity (Wildman–Crippen MR) is 193 cm³/mol. The van der Waals surface area contributed by atoms with Crippen LogP contribution in [0.1, 0.15) is 59.1 Å². The first-order valence-electron chi connectivity index (χ1n) is 16.7. The lowest BCUT2D eigenvalue weighted by atomic mass is 9.86. The number of nitrogens with zero attached hydrogens (tertiary/aromatic N) is 6. The summed E-state index contributed by atoms with van der Waals surface area (Å²) < 4.78 is 14.2. The predicted octanol–water partition coefficient (Wildman–Crippen LogP) is 5.51. The van der Waals surface area contributed by atoms with Crippen molar-refractivity contribution in [2.75, 3.05) is 25.0 Å². The quantitative estimate of drug-likeness (QED) is 0.189. The molecule has 3 aromatic heterocycles. The highest BCUT2D eigenvalue weighted by molar-refractivity contribution is 5.82. The van der Waals surface area contributed by atoms with E-state index in [1.54, 1.807) is 49.8 Å². The second-order valence-corrected chi connectivity index (χ2v) is 14.4. The van der Waals surface area contributed by atoms with Crippen LogP contribution in [-0.4, -0.2) is 60.6 Å². The maximum Gasteiger partial charge on any atom is 0.302 e. The van der Waals surface area contributed by atoms with E-state index in [-0.39, 0.29) is 34.4 Å². The number of aryl methyl sites for hydroxylation is 1. The van der Waals surface area contributed by atoms with Gasteiger partial charge in [0.2, 0.25) is 0 Å². The van der Waals surface area contributed by atoms with Gasteiger partial charge in [0, 0.05) is 37.0 Å². The van der Waals surface area contributed by atoms with Crippen molar-refractivity contribution in [2.45, 2.75) is 65.6 Å². The Balaban J connectivity index is 1.35. The number of benzene rings is 2. The number of fused-ring (bicyclic) bond motifs is 1. The van der Waals surface area contributed by atoms with Gasteiger partial charge in [0.25, 0.3) is 11.1 Å². The molecule has 260 valence electrons. The number of pyridine rings is 1. The molecule has 1 saturated heterocycles. The molecule has 0 atom stereocenters. The van der Waals surface area contributed by atoms with Crippen LogP contribution in [-0.2, 0) is 28.6 Å². The molecule has 0 amide bonds. The second-order valence-electron chi connectivity index (χ2n) is 14.4. The van der Waals surface area contributed by atoms with Crippen LogP contribution in [0.2, 0.25) is 0 Å². The summed E-state index contributed by atoms with van der Waals surface area (Å²) in [7, 11) is 1.55. The number of rotatable bonds is 10. The van der Waals surface area contributed by atoms with Gasteiger partial charge in [-0.05, 0) is 80.7 Å². The molecule has 12 nitrogen and oxygen atoms in total. The van der Waals surface area contributed by atoms with Gasteiger partial charge in [-0.2, -0.15) is 14.9 Å². The van der Waals surface area contributed by atoms with Crippen LogP contribution in [0.4, 0.5) is 11.5 Å². The smallest absolute Gasteiger partial charge is 0.302 e. The molecule has 1 aliphatic rings. The van der Waals surface area contributed by atoms with E-state index in [1.807, 2.05) is 24.3 Å². The van der Waals surface area contributed by atoms with Gasteiger partial charge in [0.05, 0.1) is 29.2 Å². The molecule has 0 radical (unpaired) electrons. The minimum Gasteiger partial charge on any atom is -0.485 e. The Bertz CT molecular complexity index is 2180. The van der Waals surface area contributed by atoms with Crippen molar-refractivity contribution in [2.24, 2.45) is 7.05 Å². The van der Waals surface area contributed by atoms with Crippen LogP contribution in [0, 0.1) is 0 Å². The molecule has 5 aromatic rings. The number of carbonyl (C=O) groups is 1. The molecular weight excluding hydrogens is 634 g/mol. The van der Waals surface area contributed by atoms with Crippen molar-refractivity contribution in [3.05, 3.63) is 98.8 Å². The number of hydrogen-bond donors (Lipinski definition) is 1. The minimum absolute atomic E-state index is 0.0938. The van der Waals surface area contributed by atoms with Gasteiger partial charge in [-0.1, -0.05) is 39.0 Å². The SMILES string of the molecule is CC(=O)OCc1c(-c2cc(Nc3ccc(OC(C)(C)CN4CCC4)cn3)c(=O)n(C)n2)cccc1-n1ncc2cc(C(C)(C)C)ccc2c1=O. The van der Waals surface area contributed by atoms with Crippen molar-refractivity contribution >= 4 is 28.2 Å². The third kappa shape index (κ3) is 7.45. The summed E-state index contributed by atoms with van der Waals surface area (Å²) in [6.45, 7) is 14.6. The van der Waals surface area contributed by atoms with E-state index < -0.39 is 5.97 Å². The van der Waals surface area contributed by atoms with Crippen molar-refractivity contribution < 1.29 is 14.3 Å². The molecular formula is C38H43N7O5. The van der Waals surface area contributed by atoms with Gasteiger partial charge in [0.1, 0.15) is 29.5 Å². The molecule has 4 heterocycles. The van der Waals surface area contributed by atoms with E-state index in [1.165, 1.54) is 22.7 Å². The van der Waals surface area contributed by atoms with Crippen molar-refractivity contribution in [1.29, 1.82) is 0 Å². The zero-order valence-corrected chi connectivity index (χ0v) is 29.6. The molecule has 1 N–H and O–H groups in total. The van der Waals surface area contributed by atoms with Crippen LogP contribution in [0.3, 0.4) is 0 Å². The van der Waals surface area contributed by atoms with E-state index >= 15 is 0 Å². The monoisotopic (exact) mass is 677 g/mol. The van der Waals surface area contributed by atoms with Crippen LogP contribution < -0.4 is 21.2 Å². The number of carbonyl (C=O) groups excluding carboxylic acids is 1. The van der Waals surface area contributed by atoms with E-state index in [9.17, 15) is 14.4 Å². The highest BCUT2D eigenvalue weighted by Gasteiger charge is 2.27. The Morgan fingerprint density at radius 2 is 1.74 bits per heavy atom. The first-order valence-corrected chi connectivity index (χ1v) is 16.7. The molecule has 2 aromatic carbocycles. The highest BCUT2D eigenvalue weighted by atomic mass is 16.5. The van der Waals surface area contributed by atoms with Crippen molar-refractivity contribution in [3.8, 4) is 22.7 Å². The second kappa shape index (κ2) is 13.5. The fourth-order valence-corrected chi connectivity index (χ4v) is 6.04. The van der Waals surface area contributed by atoms with Crippen LogP contribution in [0.5, 0.6) is 5.75 Å².